The minimum absolute atomic E-state index is 0.0469. The molecule has 4 nitrogen and oxygen atoms in total. The minimum atomic E-state index is -2.75. The molecular weight excluding hydrogens is 517 g/mol. The van der Waals surface area contributed by atoms with Gasteiger partial charge in [-0.25, -0.2) is 0 Å². The summed E-state index contributed by atoms with van der Waals surface area (Å²) >= 11 is -2.75. The van der Waals surface area contributed by atoms with Gasteiger partial charge in [-0.2, -0.15) is 0 Å². The van der Waals surface area contributed by atoms with Gasteiger partial charge >= 0.3 is 209 Å². The summed E-state index contributed by atoms with van der Waals surface area (Å²) in [4.78, 5) is 12.9. The molecule has 1 aromatic carbocycles. The average molecular weight is 568 g/mol. The van der Waals surface area contributed by atoms with Crippen LogP contribution in [-0.2, 0) is 14.3 Å². The molecule has 0 heterocycles. The maximum atomic E-state index is 12.9. The summed E-state index contributed by atoms with van der Waals surface area (Å²) in [5.74, 6) is 0.0469. The molecule has 0 fully saturated rings. The van der Waals surface area contributed by atoms with E-state index >= 15 is 0 Å². The Morgan fingerprint density at radius 1 is 0.879 bits per heavy atom. The van der Waals surface area contributed by atoms with Crippen molar-refractivity contribution in [3.05, 3.63) is 35.9 Å². The van der Waals surface area contributed by atoms with Crippen LogP contribution < -0.4 is 5.32 Å². The van der Waals surface area contributed by atoms with Crippen molar-refractivity contribution in [3.63, 3.8) is 0 Å². The third kappa shape index (κ3) is 10.7. The number of unbranched alkanes of at least 4 members (excludes halogenated alkanes) is 3. The van der Waals surface area contributed by atoms with Crippen LogP contribution in [0.3, 0.4) is 0 Å². The predicted molar refractivity (Wildman–Crippen MR) is 143 cm³/mol. The maximum absolute atomic E-state index is 12.9. The van der Waals surface area contributed by atoms with E-state index in [-0.39, 0.29) is 16.3 Å². The number of benzene rings is 1. The Labute approximate surface area is 208 Å². The number of nitrogens with one attached hydrogen (secondary N) is 1. The second kappa shape index (κ2) is 16.1. The van der Waals surface area contributed by atoms with E-state index in [0.717, 1.165) is 5.56 Å². The first-order valence-corrected chi connectivity index (χ1v) is 21.0. The summed E-state index contributed by atoms with van der Waals surface area (Å²) in [5.41, 5.74) is 0.639. The Bertz CT molecular complexity index is 623. The zero-order chi connectivity index (χ0) is 24.7. The standard InChI is InChI=1S/C16H24NO3.3C4H9.Sn/c1-5-19-12-20-11-14(13-9-7-6-8-10-13)17-15(18)16(2,3)4;3*1-3-4-2;/h6-10,12,14H,5,11H2,1-4H3,(H,17,18);3*1,3-4H2,2H3;/t14-;;;;/m0..../s1. The molecule has 190 valence electrons. The normalized spacial score (nSPS) is 14.2. The van der Waals surface area contributed by atoms with Gasteiger partial charge in [-0.3, -0.25) is 0 Å². The fourth-order valence-corrected chi connectivity index (χ4v) is 20.3. The molecule has 0 aliphatic heterocycles. The van der Waals surface area contributed by atoms with Gasteiger partial charge in [0.2, 0.25) is 0 Å². The predicted octanol–water partition coefficient (Wildman–Crippen LogP) is 7.66. The molecule has 33 heavy (non-hydrogen) atoms. The van der Waals surface area contributed by atoms with E-state index in [1.54, 1.807) is 0 Å². The van der Waals surface area contributed by atoms with E-state index in [0.29, 0.717) is 13.2 Å². The van der Waals surface area contributed by atoms with Crippen LogP contribution in [0.5, 0.6) is 0 Å². The molecule has 0 bridgehead atoms. The Morgan fingerprint density at radius 3 is 1.82 bits per heavy atom. The van der Waals surface area contributed by atoms with Gasteiger partial charge in [0.05, 0.1) is 0 Å². The molecule has 1 rings (SSSR count). The second-order valence-electron chi connectivity index (χ2n) is 10.5. The Kier molecular flexibility index (Phi) is 14.9. The number of carbonyl (C=O) groups excluding carboxylic acids is 1. The summed E-state index contributed by atoms with van der Waals surface area (Å²) < 4.78 is 17.1. The summed E-state index contributed by atoms with van der Waals surface area (Å²) in [6.07, 6.45) is 7.51. The molecule has 0 aliphatic rings. The van der Waals surface area contributed by atoms with Crippen molar-refractivity contribution in [1.29, 1.82) is 0 Å². The van der Waals surface area contributed by atoms with E-state index < -0.39 is 23.8 Å². The van der Waals surface area contributed by atoms with Gasteiger partial charge in [0.1, 0.15) is 0 Å². The SMILES string of the molecule is CCC[CH2][Sn]([CH2]CCC)([CH2]CCC)[CH](OCC)OC[C@H](NC(=O)C(C)(C)C)c1ccccc1. The van der Waals surface area contributed by atoms with Gasteiger partial charge in [0, 0.05) is 0 Å². The zero-order valence-corrected chi connectivity index (χ0v) is 25.4. The number of hydrogen-bond acceptors (Lipinski definition) is 3. The van der Waals surface area contributed by atoms with Crippen molar-refractivity contribution in [2.45, 2.75) is 111 Å². The molecule has 1 unspecified atom stereocenters. The molecule has 0 radical (unpaired) electrons. The van der Waals surface area contributed by atoms with Gasteiger partial charge in [-0.1, -0.05) is 0 Å². The molecule has 1 aromatic rings. The average Bonchev–Trinajstić information content (AvgIpc) is 2.80. The quantitative estimate of drug-likeness (QED) is 0.155. The third-order valence-electron chi connectivity index (χ3n) is 6.51. The van der Waals surface area contributed by atoms with Crippen LogP contribution in [0, 0.1) is 5.41 Å². The van der Waals surface area contributed by atoms with Gasteiger partial charge in [0.25, 0.3) is 0 Å². The molecule has 0 aliphatic carbocycles. The van der Waals surface area contributed by atoms with Crippen LogP contribution in [0.15, 0.2) is 30.3 Å². The molecule has 1 amide bonds. The van der Waals surface area contributed by atoms with E-state index in [1.165, 1.54) is 51.8 Å². The summed E-state index contributed by atoms with van der Waals surface area (Å²) in [6, 6.07) is 10.0. The van der Waals surface area contributed by atoms with Crippen LogP contribution in [-0.4, -0.2) is 41.8 Å². The number of amides is 1. The molecule has 2 atom stereocenters. The summed E-state index contributed by atoms with van der Waals surface area (Å²) in [5, 5.41) is 3.26. The van der Waals surface area contributed by atoms with Crippen LogP contribution in [0.25, 0.3) is 0 Å². The van der Waals surface area contributed by atoms with Crippen molar-refractivity contribution in [1.82, 2.24) is 5.32 Å². The van der Waals surface area contributed by atoms with Crippen molar-refractivity contribution < 1.29 is 14.3 Å². The van der Waals surface area contributed by atoms with Gasteiger partial charge in [-0.15, -0.1) is 0 Å². The first kappa shape index (κ1) is 30.4. The van der Waals surface area contributed by atoms with Crippen LogP contribution in [0.4, 0.5) is 0 Å². The van der Waals surface area contributed by atoms with Crippen LogP contribution in [0.1, 0.15) is 98.6 Å². The molecular formula is C28H51NO3Sn. The molecule has 5 heteroatoms. The summed E-state index contributed by atoms with van der Waals surface area (Å²) in [7, 11) is 0. The number of ether oxygens (including phenoxy) is 2. The van der Waals surface area contributed by atoms with E-state index in [9.17, 15) is 4.79 Å². The Hall–Kier alpha value is -0.591. The Morgan fingerprint density at radius 2 is 1.39 bits per heavy atom. The molecule has 0 saturated heterocycles. The van der Waals surface area contributed by atoms with E-state index in [2.05, 4.69) is 45.1 Å². The summed E-state index contributed by atoms with van der Waals surface area (Å²) in [6.45, 7) is 16.0. The zero-order valence-electron chi connectivity index (χ0n) is 22.5. The van der Waals surface area contributed by atoms with Gasteiger partial charge < -0.3 is 0 Å². The molecule has 1 N–H and O–H groups in total. The first-order chi connectivity index (χ1) is 15.7. The monoisotopic (exact) mass is 569 g/mol. The Balaban J connectivity index is 3.18. The van der Waals surface area contributed by atoms with Crippen molar-refractivity contribution in [3.8, 4) is 0 Å². The molecule has 0 aromatic heterocycles. The van der Waals surface area contributed by atoms with Gasteiger partial charge in [-0.05, 0) is 0 Å². The molecule has 0 spiro atoms. The van der Waals surface area contributed by atoms with Crippen molar-refractivity contribution in [2.75, 3.05) is 13.2 Å². The van der Waals surface area contributed by atoms with E-state index in [1.807, 2.05) is 39.0 Å². The number of carbonyl (C=O) groups is 1. The third-order valence-corrected chi connectivity index (χ3v) is 21.9. The topological polar surface area (TPSA) is 47.6 Å². The fraction of sp³-hybridized carbons (Fsp3) is 0.750. The molecule has 0 saturated carbocycles. The van der Waals surface area contributed by atoms with Crippen molar-refractivity contribution >= 4 is 24.3 Å². The first-order valence-electron chi connectivity index (χ1n) is 13.3. The van der Waals surface area contributed by atoms with Crippen LogP contribution in [0.2, 0.25) is 13.3 Å². The van der Waals surface area contributed by atoms with Gasteiger partial charge in [0.15, 0.2) is 0 Å². The number of rotatable bonds is 17. The van der Waals surface area contributed by atoms with Crippen LogP contribution >= 0.6 is 0 Å². The van der Waals surface area contributed by atoms with E-state index in [4.69, 9.17) is 9.47 Å². The van der Waals surface area contributed by atoms with Crippen molar-refractivity contribution in [2.24, 2.45) is 5.41 Å². The fourth-order valence-electron chi connectivity index (χ4n) is 4.33. The number of hydrogen-bond donors (Lipinski definition) is 1. The second-order valence-corrected chi connectivity index (χ2v) is 23.9.